The molecule has 5 rings (SSSR count). The SMILES string of the molecule is Cc1nc(Nc2nc(-c3ccccc3CF)nc3c(N4CCN(C)CC4)cccc23)n[nH]1. The fourth-order valence-electron chi connectivity index (χ4n) is 4.01. The van der Waals surface area contributed by atoms with Crippen LogP contribution >= 0.6 is 0 Å². The van der Waals surface area contributed by atoms with E-state index in [1.165, 1.54) is 0 Å². The summed E-state index contributed by atoms with van der Waals surface area (Å²) < 4.78 is 13.7. The van der Waals surface area contributed by atoms with Gasteiger partial charge in [-0.15, -0.1) is 5.10 Å². The maximum Gasteiger partial charge on any atom is 0.247 e. The number of likely N-dealkylation sites (N-methyl/N-ethyl adjacent to an activating group) is 1. The topological polar surface area (TPSA) is 85.9 Å². The number of halogens is 1. The van der Waals surface area contributed by atoms with Crippen LogP contribution in [0.15, 0.2) is 42.5 Å². The Morgan fingerprint density at radius 2 is 1.81 bits per heavy atom. The molecule has 1 saturated heterocycles. The Balaban J connectivity index is 1.69. The molecule has 0 bridgehead atoms. The van der Waals surface area contributed by atoms with Gasteiger partial charge < -0.3 is 15.1 Å². The lowest BCUT2D eigenvalue weighted by Crippen LogP contribution is -2.44. The van der Waals surface area contributed by atoms with Gasteiger partial charge in [-0.05, 0) is 31.7 Å². The second-order valence-corrected chi connectivity index (χ2v) is 8.02. The zero-order valence-corrected chi connectivity index (χ0v) is 18.1. The Hall–Kier alpha value is -3.59. The minimum Gasteiger partial charge on any atom is -0.367 e. The molecule has 164 valence electrons. The van der Waals surface area contributed by atoms with Crippen LogP contribution in [0.3, 0.4) is 0 Å². The second-order valence-electron chi connectivity index (χ2n) is 8.02. The molecular weight excluding hydrogens is 407 g/mol. The Kier molecular flexibility index (Phi) is 5.40. The second kappa shape index (κ2) is 8.51. The summed E-state index contributed by atoms with van der Waals surface area (Å²) in [7, 11) is 2.13. The first-order valence-corrected chi connectivity index (χ1v) is 10.7. The molecular formula is C23H25FN8. The van der Waals surface area contributed by atoms with Gasteiger partial charge in [0.25, 0.3) is 0 Å². The number of hydrogen-bond donors (Lipinski definition) is 2. The predicted molar refractivity (Wildman–Crippen MR) is 124 cm³/mol. The minimum atomic E-state index is -0.583. The first kappa shape index (κ1) is 20.3. The lowest BCUT2D eigenvalue weighted by molar-refractivity contribution is 0.313. The van der Waals surface area contributed by atoms with Crippen LogP contribution in [0.4, 0.5) is 21.8 Å². The van der Waals surface area contributed by atoms with Gasteiger partial charge in [-0.25, -0.2) is 14.4 Å². The number of fused-ring (bicyclic) bond motifs is 1. The summed E-state index contributed by atoms with van der Waals surface area (Å²) in [6.07, 6.45) is 0. The molecule has 0 spiro atoms. The highest BCUT2D eigenvalue weighted by molar-refractivity contribution is 5.99. The van der Waals surface area contributed by atoms with Crippen molar-refractivity contribution in [1.82, 2.24) is 30.0 Å². The number of aryl methyl sites for hydroxylation is 1. The zero-order valence-electron chi connectivity index (χ0n) is 18.1. The molecule has 0 unspecified atom stereocenters. The number of alkyl halides is 1. The number of nitrogens with one attached hydrogen (secondary N) is 2. The molecule has 4 aromatic rings. The van der Waals surface area contributed by atoms with Gasteiger partial charge >= 0.3 is 0 Å². The molecule has 2 aromatic carbocycles. The highest BCUT2D eigenvalue weighted by atomic mass is 19.1. The number of nitrogens with zero attached hydrogens (tertiary/aromatic N) is 6. The van der Waals surface area contributed by atoms with Gasteiger partial charge in [0.1, 0.15) is 18.3 Å². The molecule has 8 nitrogen and oxygen atoms in total. The van der Waals surface area contributed by atoms with Gasteiger partial charge in [0.2, 0.25) is 5.95 Å². The monoisotopic (exact) mass is 432 g/mol. The molecule has 9 heteroatoms. The summed E-state index contributed by atoms with van der Waals surface area (Å²) in [5.74, 6) is 2.19. The van der Waals surface area contributed by atoms with Crippen LogP contribution < -0.4 is 10.2 Å². The Labute approximate surface area is 185 Å². The minimum absolute atomic E-state index is 0.428. The van der Waals surface area contributed by atoms with Crippen molar-refractivity contribution in [1.29, 1.82) is 0 Å². The maximum atomic E-state index is 13.7. The summed E-state index contributed by atoms with van der Waals surface area (Å²) in [4.78, 5) is 18.7. The van der Waals surface area contributed by atoms with Gasteiger partial charge in [-0.2, -0.15) is 4.98 Å². The van der Waals surface area contributed by atoms with E-state index in [2.05, 4.69) is 43.4 Å². The van der Waals surface area contributed by atoms with Crippen molar-refractivity contribution in [3.05, 3.63) is 53.9 Å². The Morgan fingerprint density at radius 1 is 1.00 bits per heavy atom. The van der Waals surface area contributed by atoms with Crippen molar-refractivity contribution in [3.63, 3.8) is 0 Å². The van der Waals surface area contributed by atoms with Crippen molar-refractivity contribution in [3.8, 4) is 11.4 Å². The average Bonchev–Trinajstić information content (AvgIpc) is 3.23. The number of anilines is 3. The summed E-state index contributed by atoms with van der Waals surface area (Å²) in [6.45, 7) is 5.06. The Morgan fingerprint density at radius 3 is 2.56 bits per heavy atom. The van der Waals surface area contributed by atoms with E-state index in [1.807, 2.05) is 37.3 Å². The number of benzene rings is 2. The highest BCUT2D eigenvalue weighted by Crippen LogP contribution is 2.34. The van der Waals surface area contributed by atoms with Crippen LogP contribution in [0.2, 0.25) is 0 Å². The van der Waals surface area contributed by atoms with Crippen molar-refractivity contribution in [2.45, 2.75) is 13.6 Å². The van der Waals surface area contributed by atoms with E-state index in [0.717, 1.165) is 42.8 Å². The highest BCUT2D eigenvalue weighted by Gasteiger charge is 2.20. The molecule has 32 heavy (non-hydrogen) atoms. The van der Waals surface area contributed by atoms with E-state index in [-0.39, 0.29) is 0 Å². The third-order valence-electron chi connectivity index (χ3n) is 5.78. The molecule has 0 aliphatic carbocycles. The number of rotatable bonds is 5. The van der Waals surface area contributed by atoms with Gasteiger partial charge in [0.05, 0.1) is 11.2 Å². The first-order valence-electron chi connectivity index (χ1n) is 10.7. The molecule has 0 amide bonds. The average molecular weight is 433 g/mol. The Bertz CT molecular complexity index is 1250. The fourth-order valence-corrected chi connectivity index (χ4v) is 4.01. The molecule has 1 aliphatic rings. The lowest BCUT2D eigenvalue weighted by Gasteiger charge is -2.34. The smallest absolute Gasteiger partial charge is 0.247 e. The van der Waals surface area contributed by atoms with E-state index in [4.69, 9.17) is 9.97 Å². The van der Waals surface area contributed by atoms with Gasteiger partial charge in [-0.3, -0.25) is 5.10 Å². The normalized spacial score (nSPS) is 14.8. The summed E-state index contributed by atoms with van der Waals surface area (Å²) in [6, 6.07) is 13.4. The standard InChI is InChI=1S/C23H25FN8/c1-15-25-23(30-29-15)28-22-18-8-5-9-19(32-12-10-31(2)11-13-32)20(18)26-21(27-22)17-7-4-3-6-16(17)14-24/h3-9H,10-14H2,1-2H3,(H2,25,26,27,28,29,30). The number of aromatic amines is 1. The molecule has 0 saturated carbocycles. The zero-order chi connectivity index (χ0) is 22.1. The van der Waals surface area contributed by atoms with Crippen LogP contribution in [0.5, 0.6) is 0 Å². The molecule has 1 fully saturated rings. The molecule has 2 aromatic heterocycles. The number of hydrogen-bond acceptors (Lipinski definition) is 7. The van der Waals surface area contributed by atoms with Crippen LogP contribution in [0, 0.1) is 6.92 Å². The predicted octanol–water partition coefficient (Wildman–Crippen LogP) is 3.69. The van der Waals surface area contributed by atoms with E-state index < -0.39 is 6.67 Å². The lowest BCUT2D eigenvalue weighted by atomic mass is 10.1. The largest absolute Gasteiger partial charge is 0.367 e. The van der Waals surface area contributed by atoms with Crippen molar-refractivity contribution in [2.75, 3.05) is 43.4 Å². The third kappa shape index (κ3) is 3.87. The first-order chi connectivity index (χ1) is 15.6. The third-order valence-corrected chi connectivity index (χ3v) is 5.78. The molecule has 0 radical (unpaired) electrons. The number of H-pyrrole nitrogens is 1. The van der Waals surface area contributed by atoms with E-state index in [1.54, 1.807) is 6.07 Å². The van der Waals surface area contributed by atoms with Crippen LogP contribution in [0.1, 0.15) is 11.4 Å². The maximum absolute atomic E-state index is 13.7. The van der Waals surface area contributed by atoms with Crippen LogP contribution in [-0.2, 0) is 6.67 Å². The number of para-hydroxylation sites is 1. The molecule has 0 atom stereocenters. The van der Waals surface area contributed by atoms with Gasteiger partial charge in [-0.1, -0.05) is 30.3 Å². The van der Waals surface area contributed by atoms with Gasteiger partial charge in [0, 0.05) is 37.1 Å². The van der Waals surface area contributed by atoms with E-state index in [9.17, 15) is 4.39 Å². The van der Waals surface area contributed by atoms with Crippen molar-refractivity contribution < 1.29 is 4.39 Å². The summed E-state index contributed by atoms with van der Waals surface area (Å²) >= 11 is 0. The van der Waals surface area contributed by atoms with Crippen LogP contribution in [0.25, 0.3) is 22.3 Å². The fraction of sp³-hybridized carbons (Fsp3) is 0.304. The van der Waals surface area contributed by atoms with Crippen LogP contribution in [-0.4, -0.2) is 63.3 Å². The van der Waals surface area contributed by atoms with Gasteiger partial charge in [0.15, 0.2) is 5.82 Å². The number of aromatic nitrogens is 5. The molecule has 3 heterocycles. The number of piperazine rings is 1. The van der Waals surface area contributed by atoms with Crippen molar-refractivity contribution >= 4 is 28.4 Å². The molecule has 1 aliphatic heterocycles. The summed E-state index contributed by atoms with van der Waals surface area (Å²) in [5, 5.41) is 11.1. The van der Waals surface area contributed by atoms with Crippen molar-refractivity contribution in [2.24, 2.45) is 0 Å². The van der Waals surface area contributed by atoms with E-state index >= 15 is 0 Å². The molecule has 2 N–H and O–H groups in total. The van der Waals surface area contributed by atoms with E-state index in [0.29, 0.717) is 34.5 Å². The quantitative estimate of drug-likeness (QED) is 0.497. The summed E-state index contributed by atoms with van der Waals surface area (Å²) in [5.41, 5.74) is 3.11.